The van der Waals surface area contributed by atoms with E-state index >= 15 is 0 Å². The molecule has 0 aromatic carbocycles. The van der Waals surface area contributed by atoms with Crippen LogP contribution in [0.15, 0.2) is 35.2 Å². The van der Waals surface area contributed by atoms with E-state index in [1.807, 2.05) is 17.6 Å². The molecule has 5 rings (SSSR count). The van der Waals surface area contributed by atoms with Crippen molar-refractivity contribution < 1.29 is 4.74 Å². The number of hydrogen-bond donors (Lipinski definition) is 0. The summed E-state index contributed by atoms with van der Waals surface area (Å²) in [5.74, 6) is 1.76. The maximum atomic E-state index is 5.96. The Hall–Kier alpha value is -1.66. The lowest BCUT2D eigenvalue weighted by atomic mass is 9.86. The van der Waals surface area contributed by atoms with Crippen LogP contribution in [-0.4, -0.2) is 48.6 Å². The second-order valence-corrected chi connectivity index (χ2v) is 9.64. The maximum absolute atomic E-state index is 5.96. The second-order valence-electron chi connectivity index (χ2n) is 8.54. The van der Waals surface area contributed by atoms with Crippen LogP contribution in [0.5, 0.6) is 0 Å². The van der Waals surface area contributed by atoms with Gasteiger partial charge in [0.2, 0.25) is 0 Å². The van der Waals surface area contributed by atoms with Crippen molar-refractivity contribution in [2.24, 2.45) is 22.9 Å². The number of hydrogen-bond acceptors (Lipinski definition) is 6. The summed E-state index contributed by atoms with van der Waals surface area (Å²) >= 11 is 1.89. The fourth-order valence-corrected chi connectivity index (χ4v) is 5.91. The lowest BCUT2D eigenvalue weighted by Crippen LogP contribution is -2.46. The van der Waals surface area contributed by atoms with Gasteiger partial charge in [0.25, 0.3) is 0 Å². The van der Waals surface area contributed by atoms with Crippen molar-refractivity contribution in [3.8, 4) is 0 Å². The van der Waals surface area contributed by atoms with Gasteiger partial charge in [-0.1, -0.05) is 19.1 Å². The van der Waals surface area contributed by atoms with Crippen LogP contribution in [0.25, 0.3) is 0 Å². The number of anilines is 1. The molecule has 4 heterocycles. The van der Waals surface area contributed by atoms with Crippen LogP contribution in [0.1, 0.15) is 37.5 Å². The van der Waals surface area contributed by atoms with Crippen molar-refractivity contribution in [2.45, 2.75) is 45.1 Å². The van der Waals surface area contributed by atoms with E-state index in [0.29, 0.717) is 23.9 Å². The Kier molecular flexibility index (Phi) is 5.24. The molecule has 5 nitrogen and oxygen atoms in total. The number of aromatic nitrogens is 1. The summed E-state index contributed by atoms with van der Waals surface area (Å²) in [7, 11) is 0. The quantitative estimate of drug-likeness (QED) is 0.766. The molecule has 0 radical (unpaired) electrons. The van der Waals surface area contributed by atoms with Crippen LogP contribution in [0.4, 0.5) is 5.13 Å². The molecule has 4 atom stereocenters. The minimum atomic E-state index is 0.485. The number of thiazole rings is 1. The van der Waals surface area contributed by atoms with Crippen LogP contribution in [0.2, 0.25) is 0 Å². The summed E-state index contributed by atoms with van der Waals surface area (Å²) in [6, 6.07) is 0. The smallest absolute Gasteiger partial charge is 0.185 e. The van der Waals surface area contributed by atoms with E-state index < -0.39 is 0 Å². The van der Waals surface area contributed by atoms with Crippen molar-refractivity contribution in [2.75, 3.05) is 31.1 Å². The molecule has 150 valence electrons. The lowest BCUT2D eigenvalue weighted by molar-refractivity contribution is -0.0357. The summed E-state index contributed by atoms with van der Waals surface area (Å²) in [4.78, 5) is 8.67. The van der Waals surface area contributed by atoms with Gasteiger partial charge >= 0.3 is 0 Å². The molecule has 2 fully saturated rings. The van der Waals surface area contributed by atoms with Gasteiger partial charge in [0.05, 0.1) is 11.8 Å². The molecule has 4 aliphatic rings. The molecular weight excluding hydrogens is 368 g/mol. The molecule has 0 spiro atoms. The van der Waals surface area contributed by atoms with Gasteiger partial charge in [0, 0.05) is 55.9 Å². The number of fused-ring (bicyclic) bond motifs is 1. The standard InChI is InChI=1S/C22H30N4OS/c1-16-12-19(26-9-3-8-24-26)6-5-17(16)13-20-14-23-22(28-20)25-10-7-21-18(15-25)4-2-11-27-21/h5-6,8,12,14,16-18,21H,2-4,7,9-11,13,15H2,1H3. The van der Waals surface area contributed by atoms with Crippen molar-refractivity contribution in [1.82, 2.24) is 9.99 Å². The van der Waals surface area contributed by atoms with E-state index in [4.69, 9.17) is 9.72 Å². The summed E-state index contributed by atoms with van der Waals surface area (Å²) in [5.41, 5.74) is 1.25. The van der Waals surface area contributed by atoms with Crippen LogP contribution in [0, 0.1) is 17.8 Å². The Morgan fingerprint density at radius 2 is 2.25 bits per heavy atom. The highest BCUT2D eigenvalue weighted by Gasteiger charge is 2.33. The van der Waals surface area contributed by atoms with E-state index in [1.54, 1.807) is 0 Å². The molecule has 28 heavy (non-hydrogen) atoms. The zero-order valence-corrected chi connectivity index (χ0v) is 17.5. The van der Waals surface area contributed by atoms with E-state index in [9.17, 15) is 0 Å². The SMILES string of the molecule is CC1C=C(N2CCC=N2)C=CC1Cc1cnc(N2CCC3OCCCC3C2)s1. The fraction of sp³-hybridized carbons (Fsp3) is 0.636. The van der Waals surface area contributed by atoms with Crippen molar-refractivity contribution in [3.05, 3.63) is 35.0 Å². The average Bonchev–Trinajstić information content (AvgIpc) is 3.41. The molecule has 1 aliphatic carbocycles. The summed E-state index contributed by atoms with van der Waals surface area (Å²) in [6.45, 7) is 6.48. The first-order chi connectivity index (χ1) is 13.8. The van der Waals surface area contributed by atoms with E-state index in [0.717, 1.165) is 45.5 Å². The van der Waals surface area contributed by atoms with Gasteiger partial charge in [-0.2, -0.15) is 5.10 Å². The first-order valence-electron chi connectivity index (χ1n) is 10.8. The molecule has 1 aromatic rings. The maximum Gasteiger partial charge on any atom is 0.185 e. The molecule has 0 saturated carbocycles. The molecule has 0 N–H and O–H groups in total. The Morgan fingerprint density at radius 1 is 1.29 bits per heavy atom. The normalized spacial score (nSPS) is 32.5. The number of rotatable bonds is 4. The van der Waals surface area contributed by atoms with Gasteiger partial charge in [-0.25, -0.2) is 4.98 Å². The van der Waals surface area contributed by atoms with E-state index in [2.05, 4.69) is 46.4 Å². The third-order valence-electron chi connectivity index (χ3n) is 6.58. The largest absolute Gasteiger partial charge is 0.378 e. The monoisotopic (exact) mass is 398 g/mol. The van der Waals surface area contributed by atoms with Crippen LogP contribution in [0.3, 0.4) is 0 Å². The van der Waals surface area contributed by atoms with Crippen molar-refractivity contribution >= 4 is 22.7 Å². The minimum absolute atomic E-state index is 0.485. The Labute approximate surface area is 171 Å². The van der Waals surface area contributed by atoms with E-state index in [-0.39, 0.29) is 0 Å². The Morgan fingerprint density at radius 3 is 3.11 bits per heavy atom. The number of allylic oxidation sites excluding steroid dienone is 3. The molecule has 2 saturated heterocycles. The third kappa shape index (κ3) is 3.77. The first-order valence-corrected chi connectivity index (χ1v) is 11.6. The van der Waals surface area contributed by atoms with Crippen molar-refractivity contribution in [3.63, 3.8) is 0 Å². The van der Waals surface area contributed by atoms with Gasteiger partial charge in [0.15, 0.2) is 5.13 Å². The van der Waals surface area contributed by atoms with E-state index in [1.165, 1.54) is 28.5 Å². The second kappa shape index (κ2) is 7.99. The highest BCUT2D eigenvalue weighted by atomic mass is 32.1. The fourth-order valence-electron chi connectivity index (χ4n) is 4.89. The molecule has 6 heteroatoms. The highest BCUT2D eigenvalue weighted by Crippen LogP contribution is 2.35. The molecule has 0 bridgehead atoms. The van der Waals surface area contributed by atoms with Gasteiger partial charge in [-0.15, -0.1) is 11.3 Å². The Bertz CT molecular complexity index is 785. The first kappa shape index (κ1) is 18.4. The third-order valence-corrected chi connectivity index (χ3v) is 7.66. The lowest BCUT2D eigenvalue weighted by Gasteiger charge is -2.40. The van der Waals surface area contributed by atoms with Gasteiger partial charge in [-0.05, 0) is 43.6 Å². The Balaban J connectivity index is 1.20. The van der Waals surface area contributed by atoms with Gasteiger partial charge in [0.1, 0.15) is 0 Å². The van der Waals surface area contributed by atoms with Gasteiger partial charge in [-0.3, -0.25) is 5.01 Å². The molecule has 4 unspecified atom stereocenters. The number of ether oxygens (including phenoxy) is 1. The minimum Gasteiger partial charge on any atom is -0.378 e. The average molecular weight is 399 g/mol. The van der Waals surface area contributed by atoms with Crippen LogP contribution >= 0.6 is 11.3 Å². The number of nitrogens with zero attached hydrogens (tertiary/aromatic N) is 4. The molecular formula is C22H30N4OS. The zero-order valence-electron chi connectivity index (χ0n) is 16.7. The summed E-state index contributed by atoms with van der Waals surface area (Å²) in [6.07, 6.45) is 17.4. The topological polar surface area (TPSA) is 41.0 Å². The molecule has 3 aliphatic heterocycles. The predicted octanol–water partition coefficient (Wildman–Crippen LogP) is 4.09. The van der Waals surface area contributed by atoms with Gasteiger partial charge < -0.3 is 9.64 Å². The molecule has 1 aromatic heterocycles. The number of piperidine rings is 1. The summed E-state index contributed by atoms with van der Waals surface area (Å²) in [5, 5.41) is 7.77. The molecule has 0 amide bonds. The highest BCUT2D eigenvalue weighted by molar-refractivity contribution is 7.15. The number of hydrazone groups is 1. The predicted molar refractivity (Wildman–Crippen MR) is 115 cm³/mol. The van der Waals surface area contributed by atoms with Crippen LogP contribution < -0.4 is 4.90 Å². The van der Waals surface area contributed by atoms with Crippen molar-refractivity contribution in [1.29, 1.82) is 0 Å². The van der Waals surface area contributed by atoms with Crippen LogP contribution in [-0.2, 0) is 11.2 Å². The summed E-state index contributed by atoms with van der Waals surface area (Å²) < 4.78 is 5.96. The zero-order chi connectivity index (χ0) is 18.9.